The van der Waals surface area contributed by atoms with Gasteiger partial charge in [0, 0.05) is 23.7 Å². The number of para-hydroxylation sites is 1. The molecule has 0 saturated heterocycles. The normalized spacial score (nSPS) is 10.8. The van der Waals surface area contributed by atoms with E-state index in [4.69, 9.17) is 4.74 Å². The summed E-state index contributed by atoms with van der Waals surface area (Å²) in [5.41, 5.74) is 1.12. The van der Waals surface area contributed by atoms with Gasteiger partial charge in [0.1, 0.15) is 11.5 Å². The van der Waals surface area contributed by atoms with Crippen molar-refractivity contribution in [1.29, 1.82) is 0 Å². The lowest BCUT2D eigenvalue weighted by molar-refractivity contribution is 0.467. The third kappa shape index (κ3) is 4.25. The van der Waals surface area contributed by atoms with Crippen molar-refractivity contribution in [2.45, 2.75) is 31.3 Å². The minimum atomic E-state index is 0.455. The molecule has 4 heteroatoms. The van der Waals surface area contributed by atoms with Crippen molar-refractivity contribution in [3.05, 3.63) is 48.3 Å². The maximum atomic E-state index is 5.94. The molecule has 1 heterocycles. The molecule has 1 aromatic heterocycles. The van der Waals surface area contributed by atoms with E-state index in [2.05, 4.69) is 30.2 Å². The molecule has 20 heavy (non-hydrogen) atoms. The van der Waals surface area contributed by atoms with E-state index < -0.39 is 0 Å². The number of thioether (sulfide) groups is 1. The maximum Gasteiger partial charge on any atom is 0.146 e. The third-order valence-electron chi connectivity index (χ3n) is 2.78. The molecule has 0 bridgehead atoms. The molecule has 0 amide bonds. The summed E-state index contributed by atoms with van der Waals surface area (Å²) in [6, 6.07) is 10.5. The van der Waals surface area contributed by atoms with Gasteiger partial charge in [-0.15, -0.1) is 11.8 Å². The van der Waals surface area contributed by atoms with E-state index in [1.807, 2.05) is 36.7 Å². The SMILES string of the molecule is CSc1ccccc1Oc1cncc(CNC(C)C)c1. The predicted octanol–water partition coefficient (Wildman–Crippen LogP) is 4.09. The second-order valence-corrected chi connectivity index (χ2v) is 5.67. The Labute approximate surface area is 124 Å². The van der Waals surface area contributed by atoms with Crippen LogP contribution in [-0.2, 0) is 6.54 Å². The fourth-order valence-electron chi connectivity index (χ4n) is 1.77. The van der Waals surface area contributed by atoms with Crippen molar-refractivity contribution in [2.75, 3.05) is 6.26 Å². The van der Waals surface area contributed by atoms with Crippen molar-refractivity contribution < 1.29 is 4.74 Å². The first kappa shape index (κ1) is 14.9. The van der Waals surface area contributed by atoms with E-state index in [-0.39, 0.29) is 0 Å². The molecule has 106 valence electrons. The first-order valence-corrected chi connectivity index (χ1v) is 7.89. The first-order valence-electron chi connectivity index (χ1n) is 6.67. The number of hydrogen-bond acceptors (Lipinski definition) is 4. The van der Waals surface area contributed by atoms with E-state index in [1.165, 1.54) is 0 Å². The lowest BCUT2D eigenvalue weighted by atomic mass is 10.2. The number of nitrogens with zero attached hydrogens (tertiary/aromatic N) is 1. The van der Waals surface area contributed by atoms with Crippen LogP contribution in [0.4, 0.5) is 0 Å². The van der Waals surface area contributed by atoms with E-state index in [9.17, 15) is 0 Å². The van der Waals surface area contributed by atoms with Gasteiger partial charge in [0.15, 0.2) is 0 Å². The van der Waals surface area contributed by atoms with Gasteiger partial charge in [-0.3, -0.25) is 4.98 Å². The third-order valence-corrected chi connectivity index (χ3v) is 3.56. The van der Waals surface area contributed by atoms with Crippen LogP contribution in [0.2, 0.25) is 0 Å². The summed E-state index contributed by atoms with van der Waals surface area (Å²) in [5.74, 6) is 1.64. The summed E-state index contributed by atoms with van der Waals surface area (Å²) in [4.78, 5) is 5.37. The molecule has 0 aliphatic carbocycles. The van der Waals surface area contributed by atoms with Crippen LogP contribution in [0, 0.1) is 0 Å². The molecule has 0 unspecified atom stereocenters. The highest BCUT2D eigenvalue weighted by Crippen LogP contribution is 2.31. The van der Waals surface area contributed by atoms with Crippen LogP contribution in [-0.4, -0.2) is 17.3 Å². The standard InChI is InChI=1S/C16H20N2OS/c1-12(2)18-10-13-8-14(11-17-9-13)19-15-6-4-5-7-16(15)20-3/h4-9,11-12,18H,10H2,1-3H3. The lowest BCUT2D eigenvalue weighted by Gasteiger charge is -2.11. The highest BCUT2D eigenvalue weighted by Gasteiger charge is 2.04. The van der Waals surface area contributed by atoms with E-state index in [0.29, 0.717) is 6.04 Å². The second kappa shape index (κ2) is 7.31. The van der Waals surface area contributed by atoms with Gasteiger partial charge in [-0.25, -0.2) is 0 Å². The highest BCUT2D eigenvalue weighted by atomic mass is 32.2. The summed E-state index contributed by atoms with van der Waals surface area (Å²) in [6.07, 6.45) is 5.65. The number of pyridine rings is 1. The lowest BCUT2D eigenvalue weighted by Crippen LogP contribution is -2.21. The zero-order valence-corrected chi connectivity index (χ0v) is 12.9. The van der Waals surface area contributed by atoms with Crippen molar-refractivity contribution >= 4 is 11.8 Å². The number of ether oxygens (including phenoxy) is 1. The Balaban J connectivity index is 2.11. The Kier molecular flexibility index (Phi) is 5.44. The fraction of sp³-hybridized carbons (Fsp3) is 0.312. The van der Waals surface area contributed by atoms with E-state index in [0.717, 1.165) is 28.5 Å². The van der Waals surface area contributed by atoms with Crippen LogP contribution in [0.3, 0.4) is 0 Å². The van der Waals surface area contributed by atoms with Gasteiger partial charge in [-0.1, -0.05) is 26.0 Å². The average molecular weight is 288 g/mol. The summed E-state index contributed by atoms with van der Waals surface area (Å²) in [5, 5.41) is 3.38. The van der Waals surface area contributed by atoms with Gasteiger partial charge in [-0.05, 0) is 30.0 Å². The molecule has 0 aliphatic heterocycles. The number of hydrogen-bond donors (Lipinski definition) is 1. The summed E-state index contributed by atoms with van der Waals surface area (Å²) < 4.78 is 5.94. The number of rotatable bonds is 6. The molecule has 1 aromatic carbocycles. The first-order chi connectivity index (χ1) is 9.69. The van der Waals surface area contributed by atoms with Crippen LogP contribution in [0.1, 0.15) is 19.4 Å². The van der Waals surface area contributed by atoms with Gasteiger partial charge in [0.25, 0.3) is 0 Å². The largest absolute Gasteiger partial charge is 0.455 e. The monoisotopic (exact) mass is 288 g/mol. The molecule has 0 spiro atoms. The van der Waals surface area contributed by atoms with Gasteiger partial charge in [0.2, 0.25) is 0 Å². The smallest absolute Gasteiger partial charge is 0.146 e. The van der Waals surface area contributed by atoms with Gasteiger partial charge in [-0.2, -0.15) is 0 Å². The van der Waals surface area contributed by atoms with Crippen molar-refractivity contribution in [3.63, 3.8) is 0 Å². The van der Waals surface area contributed by atoms with Gasteiger partial charge >= 0.3 is 0 Å². The minimum Gasteiger partial charge on any atom is -0.455 e. The van der Waals surface area contributed by atoms with Crippen LogP contribution < -0.4 is 10.1 Å². The Morgan fingerprint density at radius 2 is 2.05 bits per heavy atom. The van der Waals surface area contributed by atoms with Gasteiger partial charge in [0.05, 0.1) is 6.20 Å². The summed E-state index contributed by atoms with van der Waals surface area (Å²) >= 11 is 1.68. The Morgan fingerprint density at radius 3 is 2.80 bits per heavy atom. The molecular weight excluding hydrogens is 268 g/mol. The van der Waals surface area contributed by atoms with Crippen molar-refractivity contribution in [3.8, 4) is 11.5 Å². The molecule has 2 rings (SSSR count). The molecule has 0 saturated carbocycles. The molecule has 0 radical (unpaired) electrons. The molecule has 3 nitrogen and oxygen atoms in total. The van der Waals surface area contributed by atoms with Crippen LogP contribution in [0.25, 0.3) is 0 Å². The van der Waals surface area contributed by atoms with E-state index in [1.54, 1.807) is 18.0 Å². The zero-order chi connectivity index (χ0) is 14.4. The molecule has 2 aromatic rings. The topological polar surface area (TPSA) is 34.1 Å². The quantitative estimate of drug-likeness (QED) is 0.812. The van der Waals surface area contributed by atoms with Crippen LogP contribution >= 0.6 is 11.8 Å². The van der Waals surface area contributed by atoms with Crippen LogP contribution in [0.5, 0.6) is 11.5 Å². The number of benzene rings is 1. The van der Waals surface area contributed by atoms with Gasteiger partial charge < -0.3 is 10.1 Å². The Hall–Kier alpha value is -1.52. The number of aromatic nitrogens is 1. The highest BCUT2D eigenvalue weighted by molar-refractivity contribution is 7.98. The molecule has 1 N–H and O–H groups in total. The summed E-state index contributed by atoms with van der Waals surface area (Å²) in [6.45, 7) is 5.05. The average Bonchev–Trinajstić information content (AvgIpc) is 2.46. The Morgan fingerprint density at radius 1 is 1.25 bits per heavy atom. The number of nitrogens with one attached hydrogen (secondary N) is 1. The minimum absolute atomic E-state index is 0.455. The molecular formula is C16H20N2OS. The van der Waals surface area contributed by atoms with E-state index >= 15 is 0 Å². The summed E-state index contributed by atoms with van der Waals surface area (Å²) in [7, 11) is 0. The predicted molar refractivity (Wildman–Crippen MR) is 84.5 cm³/mol. The van der Waals surface area contributed by atoms with Crippen molar-refractivity contribution in [2.24, 2.45) is 0 Å². The second-order valence-electron chi connectivity index (χ2n) is 4.82. The Bertz CT molecular complexity index is 558. The fourth-order valence-corrected chi connectivity index (χ4v) is 2.29. The zero-order valence-electron chi connectivity index (χ0n) is 12.1. The van der Waals surface area contributed by atoms with Crippen molar-refractivity contribution in [1.82, 2.24) is 10.3 Å². The molecule has 0 aliphatic rings. The van der Waals surface area contributed by atoms with Crippen LogP contribution in [0.15, 0.2) is 47.6 Å². The molecule has 0 atom stereocenters. The maximum absolute atomic E-state index is 5.94. The molecule has 0 fully saturated rings.